The van der Waals surface area contributed by atoms with Gasteiger partial charge in [-0.1, -0.05) is 48.6 Å². The smallest absolute Gasteiger partial charge is 0.116 e. The summed E-state index contributed by atoms with van der Waals surface area (Å²) in [4.78, 5) is 1.99. The summed E-state index contributed by atoms with van der Waals surface area (Å²) in [6, 6.07) is 14.5. The minimum absolute atomic E-state index is 0.853. The Kier molecular flexibility index (Phi) is 4.08. The summed E-state index contributed by atoms with van der Waals surface area (Å²) in [6.07, 6.45) is 1.01. The maximum Gasteiger partial charge on any atom is 0.116 e. The Morgan fingerprint density at radius 3 is 2.62 bits per heavy atom. The van der Waals surface area contributed by atoms with Gasteiger partial charge >= 0.3 is 0 Å². The van der Waals surface area contributed by atoms with Gasteiger partial charge in [0.25, 0.3) is 0 Å². The monoisotopic (exact) mass is 247 g/mol. The topological polar surface area (TPSA) is 12.0 Å². The van der Waals surface area contributed by atoms with E-state index in [9.17, 15) is 0 Å². The molecule has 0 spiro atoms. The molecule has 0 unspecified atom stereocenters. The highest BCUT2D eigenvalue weighted by Gasteiger charge is 2.00. The molecule has 0 aliphatic heterocycles. The van der Waals surface area contributed by atoms with Crippen LogP contribution in [0.1, 0.15) is 10.4 Å². The number of rotatable bonds is 4. The molecule has 0 bridgehead atoms. The van der Waals surface area contributed by atoms with E-state index in [-0.39, 0.29) is 0 Å². The summed E-state index contributed by atoms with van der Waals surface area (Å²) in [5, 5.41) is 5.32. The third kappa shape index (κ3) is 3.15. The van der Waals surface area contributed by atoms with Crippen molar-refractivity contribution < 1.29 is 0 Å². The van der Waals surface area contributed by atoms with E-state index in [1.165, 1.54) is 5.56 Å². The Labute approximate surface area is 105 Å². The van der Waals surface area contributed by atoms with Crippen LogP contribution in [0.5, 0.6) is 0 Å². The van der Waals surface area contributed by atoms with Gasteiger partial charge < -0.3 is 5.32 Å². The summed E-state index contributed by atoms with van der Waals surface area (Å²) >= 11 is 6.96. The molecule has 0 atom stereocenters. The first kappa shape index (κ1) is 11.3. The number of thiophene rings is 1. The van der Waals surface area contributed by atoms with Gasteiger partial charge in [0, 0.05) is 6.54 Å². The maximum absolute atomic E-state index is 5.29. The van der Waals surface area contributed by atoms with Crippen molar-refractivity contribution in [2.75, 3.05) is 6.54 Å². The molecular weight excluding hydrogens is 234 g/mol. The first-order valence-electron chi connectivity index (χ1n) is 5.22. The molecule has 1 nitrogen and oxygen atoms in total. The fourth-order valence-corrected chi connectivity index (χ4v) is 2.41. The van der Waals surface area contributed by atoms with E-state index in [1.807, 2.05) is 23.6 Å². The first-order valence-corrected chi connectivity index (χ1v) is 6.50. The van der Waals surface area contributed by atoms with E-state index >= 15 is 0 Å². The molecule has 0 radical (unpaired) electrons. The predicted molar refractivity (Wildman–Crippen MR) is 74.2 cm³/mol. The Balaban J connectivity index is 1.79. The van der Waals surface area contributed by atoms with Crippen LogP contribution in [-0.2, 0) is 6.42 Å². The lowest BCUT2D eigenvalue weighted by molar-refractivity contribution is 0.876. The van der Waals surface area contributed by atoms with E-state index in [2.05, 4.69) is 29.6 Å². The Hall–Kier alpha value is -1.19. The average Bonchev–Trinajstić information content (AvgIpc) is 2.84. The first-order chi connectivity index (χ1) is 7.86. The van der Waals surface area contributed by atoms with Crippen LogP contribution in [0.25, 0.3) is 0 Å². The highest BCUT2D eigenvalue weighted by atomic mass is 32.1. The summed E-state index contributed by atoms with van der Waals surface area (Å²) in [5.74, 6) is 0. The zero-order valence-electron chi connectivity index (χ0n) is 8.85. The third-order valence-electron chi connectivity index (χ3n) is 2.29. The number of nitrogens with one attached hydrogen (secondary N) is 1. The van der Waals surface area contributed by atoms with Crippen LogP contribution in [0.4, 0.5) is 0 Å². The molecule has 0 aliphatic rings. The molecular formula is C13H13NS2. The summed E-state index contributed by atoms with van der Waals surface area (Å²) in [7, 11) is 0. The lowest BCUT2D eigenvalue weighted by Gasteiger charge is -2.05. The van der Waals surface area contributed by atoms with Crippen LogP contribution < -0.4 is 5.32 Å². The molecule has 0 aliphatic carbocycles. The standard InChI is InChI=1S/C13H13NS2/c15-13(12-7-4-10-16-12)14-9-8-11-5-2-1-3-6-11/h1-7,10H,8-9H2,(H,14,15). The van der Waals surface area contributed by atoms with Crippen molar-refractivity contribution in [1.29, 1.82) is 0 Å². The second-order valence-corrected chi connectivity index (χ2v) is 4.82. The predicted octanol–water partition coefficient (Wildman–Crippen LogP) is 3.26. The van der Waals surface area contributed by atoms with Gasteiger partial charge in [-0.3, -0.25) is 0 Å². The molecule has 1 N–H and O–H groups in total. The highest BCUT2D eigenvalue weighted by Crippen LogP contribution is 2.08. The summed E-state index contributed by atoms with van der Waals surface area (Å²) < 4.78 is 0. The Morgan fingerprint density at radius 2 is 1.94 bits per heavy atom. The molecule has 1 aromatic heterocycles. The van der Waals surface area contributed by atoms with Gasteiger partial charge in [0.05, 0.1) is 4.88 Å². The van der Waals surface area contributed by atoms with Crippen molar-refractivity contribution in [1.82, 2.24) is 5.32 Å². The van der Waals surface area contributed by atoms with Crippen molar-refractivity contribution in [3.05, 3.63) is 58.3 Å². The second kappa shape index (κ2) is 5.77. The van der Waals surface area contributed by atoms with E-state index in [1.54, 1.807) is 11.3 Å². The summed E-state index contributed by atoms with van der Waals surface area (Å²) in [5.41, 5.74) is 1.34. The fourth-order valence-electron chi connectivity index (χ4n) is 1.46. The van der Waals surface area contributed by atoms with Crippen LogP contribution in [-0.4, -0.2) is 11.5 Å². The molecule has 16 heavy (non-hydrogen) atoms. The van der Waals surface area contributed by atoms with Crippen molar-refractivity contribution in [2.24, 2.45) is 0 Å². The zero-order chi connectivity index (χ0) is 11.2. The van der Waals surface area contributed by atoms with Crippen molar-refractivity contribution in [3.63, 3.8) is 0 Å². The van der Waals surface area contributed by atoms with Gasteiger partial charge in [0.15, 0.2) is 0 Å². The zero-order valence-corrected chi connectivity index (χ0v) is 10.5. The Morgan fingerprint density at radius 1 is 1.12 bits per heavy atom. The highest BCUT2D eigenvalue weighted by molar-refractivity contribution is 7.81. The molecule has 1 aromatic carbocycles. The van der Waals surface area contributed by atoms with Gasteiger partial charge in [-0.15, -0.1) is 11.3 Å². The van der Waals surface area contributed by atoms with Crippen molar-refractivity contribution >= 4 is 28.5 Å². The van der Waals surface area contributed by atoms with Crippen LogP contribution in [0, 0.1) is 0 Å². The number of thiocarbonyl (C=S) groups is 1. The SMILES string of the molecule is S=C(NCCc1ccccc1)c1cccs1. The number of hydrogen-bond acceptors (Lipinski definition) is 2. The van der Waals surface area contributed by atoms with Crippen molar-refractivity contribution in [3.8, 4) is 0 Å². The molecule has 82 valence electrons. The maximum atomic E-state index is 5.29. The quantitative estimate of drug-likeness (QED) is 0.832. The molecule has 0 fully saturated rings. The van der Waals surface area contributed by atoms with Gasteiger partial charge in [0.2, 0.25) is 0 Å². The molecule has 2 aromatic rings. The molecule has 0 saturated carbocycles. The second-order valence-electron chi connectivity index (χ2n) is 3.47. The molecule has 0 saturated heterocycles. The average molecular weight is 247 g/mol. The number of hydrogen-bond donors (Lipinski definition) is 1. The Bertz CT molecular complexity index is 434. The van der Waals surface area contributed by atoms with Gasteiger partial charge in [0.1, 0.15) is 4.99 Å². The minimum Gasteiger partial charge on any atom is -0.375 e. The minimum atomic E-state index is 0.853. The largest absolute Gasteiger partial charge is 0.375 e. The van der Waals surface area contributed by atoms with E-state index in [4.69, 9.17) is 12.2 Å². The van der Waals surface area contributed by atoms with Crippen LogP contribution in [0.15, 0.2) is 47.8 Å². The van der Waals surface area contributed by atoms with Gasteiger partial charge in [-0.25, -0.2) is 0 Å². The third-order valence-corrected chi connectivity index (χ3v) is 3.67. The molecule has 2 rings (SSSR count). The fraction of sp³-hybridized carbons (Fsp3) is 0.154. The van der Waals surface area contributed by atoms with Crippen LogP contribution in [0.3, 0.4) is 0 Å². The van der Waals surface area contributed by atoms with Gasteiger partial charge in [-0.05, 0) is 23.4 Å². The van der Waals surface area contributed by atoms with Crippen LogP contribution >= 0.6 is 23.6 Å². The number of benzene rings is 1. The molecule has 3 heteroatoms. The lowest BCUT2D eigenvalue weighted by atomic mass is 10.1. The van der Waals surface area contributed by atoms with Crippen LogP contribution in [0.2, 0.25) is 0 Å². The molecule has 1 heterocycles. The van der Waals surface area contributed by atoms with E-state index in [0.717, 1.165) is 22.8 Å². The van der Waals surface area contributed by atoms with E-state index < -0.39 is 0 Å². The molecule has 0 amide bonds. The summed E-state index contributed by atoms with van der Waals surface area (Å²) in [6.45, 7) is 0.890. The van der Waals surface area contributed by atoms with Crippen molar-refractivity contribution in [2.45, 2.75) is 6.42 Å². The van der Waals surface area contributed by atoms with Gasteiger partial charge in [-0.2, -0.15) is 0 Å². The lowest BCUT2D eigenvalue weighted by Crippen LogP contribution is -2.23. The van der Waals surface area contributed by atoms with E-state index in [0.29, 0.717) is 0 Å². The normalized spacial score (nSPS) is 10.0.